The highest BCUT2D eigenvalue weighted by atomic mass is 28.4. The second-order valence-electron chi connectivity index (χ2n) is 6.64. The number of fused-ring (bicyclic) bond motifs is 1. The van der Waals surface area contributed by atoms with Crippen molar-refractivity contribution in [3.05, 3.63) is 29.8 Å². The van der Waals surface area contributed by atoms with Crippen LogP contribution >= 0.6 is 0 Å². The van der Waals surface area contributed by atoms with Gasteiger partial charge in [0.1, 0.15) is 0 Å². The van der Waals surface area contributed by atoms with Gasteiger partial charge >= 0.3 is 11.9 Å². The van der Waals surface area contributed by atoms with E-state index in [0.717, 1.165) is 24.1 Å². The largest absolute Gasteiger partial charge is 0.459 e. The Labute approximate surface area is 138 Å². The van der Waals surface area contributed by atoms with Gasteiger partial charge in [-0.25, -0.2) is 4.79 Å². The summed E-state index contributed by atoms with van der Waals surface area (Å²) in [5.41, 5.74) is 1.87. The molecule has 1 aliphatic heterocycles. The van der Waals surface area contributed by atoms with Gasteiger partial charge in [-0.3, -0.25) is 9.69 Å². The molecule has 2 rings (SSSR count). The van der Waals surface area contributed by atoms with E-state index in [-0.39, 0.29) is 12.6 Å². The number of amides is 1. The van der Waals surface area contributed by atoms with Crippen molar-refractivity contribution in [3.8, 4) is 0 Å². The van der Waals surface area contributed by atoms with Crippen molar-refractivity contribution < 1.29 is 18.8 Å². The second kappa shape index (κ2) is 7.27. The van der Waals surface area contributed by atoms with Crippen LogP contribution in [0.15, 0.2) is 24.3 Å². The first-order chi connectivity index (χ1) is 10.8. The number of nitrogens with zero attached hydrogens (tertiary/aromatic N) is 1. The summed E-state index contributed by atoms with van der Waals surface area (Å²) in [6.07, 6.45) is 1.66. The first-order valence-electron chi connectivity index (χ1n) is 8.05. The molecule has 1 heterocycles. The van der Waals surface area contributed by atoms with Crippen LogP contribution in [0.1, 0.15) is 18.9 Å². The van der Waals surface area contributed by atoms with E-state index in [1.54, 1.807) is 11.8 Å². The fraction of sp³-hybridized carbons (Fsp3) is 0.529. The van der Waals surface area contributed by atoms with Gasteiger partial charge in [0.2, 0.25) is 0 Å². The molecule has 0 radical (unpaired) electrons. The number of carbonyl (C=O) groups is 2. The number of anilines is 1. The van der Waals surface area contributed by atoms with Crippen molar-refractivity contribution in [2.75, 3.05) is 18.1 Å². The molecule has 126 valence electrons. The first-order valence-corrected chi connectivity index (χ1v) is 11.5. The van der Waals surface area contributed by atoms with Gasteiger partial charge in [0.25, 0.3) is 0 Å². The Hall–Kier alpha value is -1.66. The lowest BCUT2D eigenvalue weighted by atomic mass is 9.96. The molecule has 1 unspecified atom stereocenters. The van der Waals surface area contributed by atoms with E-state index in [1.807, 2.05) is 24.3 Å². The van der Waals surface area contributed by atoms with Crippen LogP contribution < -0.4 is 4.90 Å². The number of esters is 1. The minimum Gasteiger partial charge on any atom is -0.459 e. The quantitative estimate of drug-likeness (QED) is 0.482. The van der Waals surface area contributed by atoms with E-state index in [1.165, 1.54) is 0 Å². The van der Waals surface area contributed by atoms with Gasteiger partial charge in [-0.1, -0.05) is 18.2 Å². The van der Waals surface area contributed by atoms with Gasteiger partial charge in [-0.05, 0) is 51.0 Å². The molecule has 0 spiro atoms. The molecular weight excluding hydrogens is 310 g/mol. The minimum absolute atomic E-state index is 0.131. The summed E-state index contributed by atoms with van der Waals surface area (Å²) >= 11 is 0. The van der Waals surface area contributed by atoms with Gasteiger partial charge < -0.3 is 9.16 Å². The number of aryl methyl sites for hydroxylation is 1. The van der Waals surface area contributed by atoms with E-state index in [9.17, 15) is 9.59 Å². The van der Waals surface area contributed by atoms with Crippen molar-refractivity contribution in [1.29, 1.82) is 0 Å². The Morgan fingerprint density at radius 1 is 1.26 bits per heavy atom. The lowest BCUT2D eigenvalue weighted by molar-refractivity contribution is -0.153. The number of hydrogen-bond donors (Lipinski definition) is 0. The van der Waals surface area contributed by atoms with Gasteiger partial charge in [-0.15, -0.1) is 0 Å². The third kappa shape index (κ3) is 4.42. The van der Waals surface area contributed by atoms with Crippen LogP contribution in [0.2, 0.25) is 19.6 Å². The topological polar surface area (TPSA) is 55.8 Å². The third-order valence-corrected chi connectivity index (χ3v) is 4.77. The molecule has 0 aliphatic carbocycles. The van der Waals surface area contributed by atoms with Crippen LogP contribution in [0, 0.1) is 0 Å². The van der Waals surface area contributed by atoms with Crippen LogP contribution in [0.4, 0.5) is 5.69 Å². The molecule has 1 aliphatic rings. The van der Waals surface area contributed by atoms with Gasteiger partial charge in [0.15, 0.2) is 8.32 Å². The monoisotopic (exact) mass is 335 g/mol. The summed E-state index contributed by atoms with van der Waals surface area (Å²) in [5.74, 6) is -1.41. The fourth-order valence-corrected chi connectivity index (χ4v) is 3.37. The Morgan fingerprint density at radius 3 is 2.61 bits per heavy atom. The van der Waals surface area contributed by atoms with E-state index >= 15 is 0 Å². The SMILES string of the molecule is CCOC(=O)C(=O)N1c2ccccc2CCC1CO[Si](C)(C)C. The maximum atomic E-state index is 12.6. The van der Waals surface area contributed by atoms with E-state index in [0.29, 0.717) is 6.61 Å². The van der Waals surface area contributed by atoms with Crippen molar-refractivity contribution in [2.45, 2.75) is 45.4 Å². The zero-order valence-electron chi connectivity index (χ0n) is 14.3. The number of para-hydroxylation sites is 1. The van der Waals surface area contributed by atoms with E-state index in [2.05, 4.69) is 19.6 Å². The molecule has 1 aromatic rings. The highest BCUT2D eigenvalue weighted by molar-refractivity contribution is 6.69. The first kappa shape index (κ1) is 17.7. The smallest absolute Gasteiger partial charge is 0.397 e. The van der Waals surface area contributed by atoms with Gasteiger partial charge in [0.05, 0.1) is 19.3 Å². The zero-order valence-corrected chi connectivity index (χ0v) is 15.3. The van der Waals surface area contributed by atoms with Crippen LogP contribution in [-0.4, -0.2) is 39.4 Å². The van der Waals surface area contributed by atoms with Gasteiger partial charge in [0, 0.05) is 5.69 Å². The van der Waals surface area contributed by atoms with Crippen LogP contribution in [-0.2, 0) is 25.2 Å². The van der Waals surface area contributed by atoms with E-state index < -0.39 is 20.2 Å². The van der Waals surface area contributed by atoms with Gasteiger partial charge in [-0.2, -0.15) is 0 Å². The Kier molecular flexibility index (Phi) is 5.59. The molecule has 1 atom stereocenters. The molecule has 0 saturated carbocycles. The zero-order chi connectivity index (χ0) is 17.0. The summed E-state index contributed by atoms with van der Waals surface area (Å²) in [4.78, 5) is 26.1. The van der Waals surface area contributed by atoms with Crippen LogP contribution in [0.3, 0.4) is 0 Å². The summed E-state index contributed by atoms with van der Waals surface area (Å²) in [6.45, 7) is 8.68. The summed E-state index contributed by atoms with van der Waals surface area (Å²) in [7, 11) is -1.69. The number of ether oxygens (including phenoxy) is 1. The third-order valence-electron chi connectivity index (χ3n) is 3.74. The molecule has 0 bridgehead atoms. The summed E-state index contributed by atoms with van der Waals surface area (Å²) < 4.78 is 10.9. The van der Waals surface area contributed by atoms with E-state index in [4.69, 9.17) is 9.16 Å². The molecule has 1 amide bonds. The number of hydrogen-bond acceptors (Lipinski definition) is 4. The molecule has 0 aromatic heterocycles. The molecule has 0 N–H and O–H groups in total. The molecule has 5 nitrogen and oxygen atoms in total. The van der Waals surface area contributed by atoms with Crippen LogP contribution in [0.5, 0.6) is 0 Å². The molecule has 1 aromatic carbocycles. The second-order valence-corrected chi connectivity index (χ2v) is 11.2. The summed E-state index contributed by atoms with van der Waals surface area (Å²) in [5, 5.41) is 0. The van der Waals surface area contributed by atoms with Crippen molar-refractivity contribution in [1.82, 2.24) is 0 Å². The fourth-order valence-electron chi connectivity index (χ4n) is 2.68. The Balaban J connectivity index is 2.28. The Bertz CT molecular complexity index is 582. The number of benzene rings is 1. The standard InChI is InChI=1S/C17H25NO4Si/c1-5-21-17(20)16(19)18-14(12-22-23(2,3)4)11-10-13-8-6-7-9-15(13)18/h6-9,14H,5,10-12H2,1-4H3. The van der Waals surface area contributed by atoms with Crippen molar-refractivity contribution >= 4 is 25.9 Å². The number of carbonyl (C=O) groups excluding carboxylic acids is 2. The van der Waals surface area contributed by atoms with Crippen molar-refractivity contribution in [2.24, 2.45) is 0 Å². The Morgan fingerprint density at radius 2 is 1.96 bits per heavy atom. The average molecular weight is 335 g/mol. The van der Waals surface area contributed by atoms with Crippen LogP contribution in [0.25, 0.3) is 0 Å². The maximum absolute atomic E-state index is 12.6. The highest BCUT2D eigenvalue weighted by Gasteiger charge is 2.35. The predicted octanol–water partition coefficient (Wildman–Crippen LogP) is 2.75. The average Bonchev–Trinajstić information content (AvgIpc) is 2.51. The minimum atomic E-state index is -1.69. The lowest BCUT2D eigenvalue weighted by Gasteiger charge is -2.37. The molecular formula is C17H25NO4Si. The molecule has 6 heteroatoms. The highest BCUT2D eigenvalue weighted by Crippen LogP contribution is 2.31. The number of rotatable bonds is 4. The molecule has 0 fully saturated rings. The normalized spacial score (nSPS) is 17.6. The lowest BCUT2D eigenvalue weighted by Crippen LogP contribution is -2.50. The molecule has 0 saturated heterocycles. The summed E-state index contributed by atoms with van der Waals surface area (Å²) in [6, 6.07) is 7.58. The van der Waals surface area contributed by atoms with Crippen molar-refractivity contribution in [3.63, 3.8) is 0 Å². The molecule has 23 heavy (non-hydrogen) atoms. The maximum Gasteiger partial charge on any atom is 0.397 e. The predicted molar refractivity (Wildman–Crippen MR) is 92.0 cm³/mol.